The molecule has 9 heteroatoms. The molecule has 0 saturated heterocycles. The number of hydrogen-bond donors (Lipinski definition) is 2. The Morgan fingerprint density at radius 2 is 1.02 bits per heavy atom. The summed E-state index contributed by atoms with van der Waals surface area (Å²) in [5.74, 6) is -0.645. The minimum absolute atomic E-state index is 0.174. The molecule has 5 aromatic carbocycles. The number of amides is 1. The van der Waals surface area contributed by atoms with Crippen LogP contribution in [0.25, 0.3) is 33.4 Å². The molecule has 5 rings (SSSR count). The first kappa shape index (κ1) is 33.4. The minimum Gasteiger partial charge on any atom is -0.496 e. The quantitative estimate of drug-likeness (QED) is 0.152. The van der Waals surface area contributed by atoms with Crippen LogP contribution in [0.2, 0.25) is 0 Å². The van der Waals surface area contributed by atoms with Crippen LogP contribution in [0, 0.1) is 0 Å². The van der Waals surface area contributed by atoms with Gasteiger partial charge in [0.15, 0.2) is 0 Å². The van der Waals surface area contributed by atoms with Gasteiger partial charge in [0.25, 0.3) is 5.91 Å². The summed E-state index contributed by atoms with van der Waals surface area (Å²) in [6, 6.07) is 31.6. The second kappa shape index (κ2) is 15.1. The molecular formula is C39H35NO8. The van der Waals surface area contributed by atoms with Gasteiger partial charge in [-0.3, -0.25) is 4.79 Å². The van der Waals surface area contributed by atoms with Crippen molar-refractivity contribution in [2.75, 3.05) is 28.4 Å². The fourth-order valence-electron chi connectivity index (χ4n) is 5.42. The fourth-order valence-corrected chi connectivity index (χ4v) is 5.42. The Balaban J connectivity index is 1.49. The van der Waals surface area contributed by atoms with E-state index in [9.17, 15) is 19.5 Å². The van der Waals surface area contributed by atoms with E-state index in [1.54, 1.807) is 36.4 Å². The number of rotatable bonds is 11. The number of esters is 2. The highest BCUT2D eigenvalue weighted by atomic mass is 16.5. The van der Waals surface area contributed by atoms with Crippen LogP contribution in [-0.4, -0.2) is 51.4 Å². The van der Waals surface area contributed by atoms with Crippen molar-refractivity contribution in [3.8, 4) is 44.9 Å². The molecule has 0 aliphatic rings. The normalized spacial score (nSPS) is 10.6. The largest absolute Gasteiger partial charge is 0.496 e. The van der Waals surface area contributed by atoms with Crippen molar-refractivity contribution in [3.05, 3.63) is 131 Å². The summed E-state index contributed by atoms with van der Waals surface area (Å²) in [7, 11) is 5.60. The highest BCUT2D eigenvalue weighted by molar-refractivity contribution is 6.00. The minimum atomic E-state index is -0.416. The Morgan fingerprint density at radius 1 is 0.583 bits per heavy atom. The third-order valence-corrected chi connectivity index (χ3v) is 7.99. The van der Waals surface area contributed by atoms with Crippen molar-refractivity contribution < 1.29 is 38.4 Å². The van der Waals surface area contributed by atoms with E-state index < -0.39 is 17.8 Å². The number of aliphatic hydroxyl groups is 1. The van der Waals surface area contributed by atoms with Gasteiger partial charge in [-0.2, -0.15) is 0 Å². The predicted molar refractivity (Wildman–Crippen MR) is 182 cm³/mol. The van der Waals surface area contributed by atoms with E-state index in [1.165, 1.54) is 28.4 Å². The summed E-state index contributed by atoms with van der Waals surface area (Å²) in [5.41, 5.74) is 8.08. The first-order valence-electron chi connectivity index (χ1n) is 15.0. The monoisotopic (exact) mass is 645 g/mol. The smallest absolute Gasteiger partial charge is 0.337 e. The number of carbonyl (C=O) groups is 3. The van der Waals surface area contributed by atoms with Gasteiger partial charge >= 0.3 is 11.9 Å². The number of nitrogens with one attached hydrogen (secondary N) is 1. The Kier molecular flexibility index (Phi) is 10.5. The van der Waals surface area contributed by atoms with Crippen molar-refractivity contribution in [1.82, 2.24) is 5.32 Å². The molecule has 0 saturated carbocycles. The number of hydrogen-bond acceptors (Lipinski definition) is 8. The van der Waals surface area contributed by atoms with E-state index in [4.69, 9.17) is 18.9 Å². The molecule has 0 bridgehead atoms. The maximum absolute atomic E-state index is 13.6. The Morgan fingerprint density at radius 3 is 1.48 bits per heavy atom. The molecule has 0 fully saturated rings. The number of benzene rings is 5. The summed E-state index contributed by atoms with van der Waals surface area (Å²) in [5, 5.41) is 12.7. The maximum Gasteiger partial charge on any atom is 0.337 e. The van der Waals surface area contributed by atoms with Gasteiger partial charge in [0.05, 0.1) is 46.2 Å². The van der Waals surface area contributed by atoms with Gasteiger partial charge in [-0.05, 0) is 87.0 Å². The van der Waals surface area contributed by atoms with Gasteiger partial charge in [-0.25, -0.2) is 9.59 Å². The van der Waals surface area contributed by atoms with Crippen LogP contribution in [-0.2, 0) is 22.6 Å². The zero-order valence-electron chi connectivity index (χ0n) is 27.0. The van der Waals surface area contributed by atoms with Gasteiger partial charge in [-0.1, -0.05) is 60.7 Å². The molecule has 5 aromatic rings. The van der Waals surface area contributed by atoms with E-state index >= 15 is 0 Å². The van der Waals surface area contributed by atoms with Crippen LogP contribution in [0.5, 0.6) is 11.5 Å². The van der Waals surface area contributed by atoms with E-state index in [1.807, 2.05) is 66.7 Å². The molecule has 0 aromatic heterocycles. The highest BCUT2D eigenvalue weighted by Gasteiger charge is 2.21. The summed E-state index contributed by atoms with van der Waals surface area (Å²) in [6.07, 6.45) is 0. The molecule has 0 aliphatic heterocycles. The Labute approximate surface area is 278 Å². The van der Waals surface area contributed by atoms with E-state index in [0.717, 1.165) is 38.9 Å². The molecule has 0 atom stereocenters. The first-order valence-corrected chi connectivity index (χ1v) is 15.0. The number of carbonyl (C=O) groups excluding carboxylic acids is 3. The van der Waals surface area contributed by atoms with Crippen molar-refractivity contribution in [2.45, 2.75) is 13.2 Å². The van der Waals surface area contributed by atoms with Crippen LogP contribution in [0.4, 0.5) is 0 Å². The molecular weight excluding hydrogens is 610 g/mol. The van der Waals surface area contributed by atoms with Crippen molar-refractivity contribution in [2.24, 2.45) is 0 Å². The lowest BCUT2D eigenvalue weighted by atomic mass is 9.93. The Bertz CT molecular complexity index is 1910. The second-order valence-electron chi connectivity index (χ2n) is 10.8. The summed E-state index contributed by atoms with van der Waals surface area (Å²) in [6.45, 7) is -0.0595. The molecule has 2 N–H and O–H groups in total. The number of ether oxygens (including phenoxy) is 4. The number of aliphatic hydroxyl groups excluding tert-OH is 1. The SMILES string of the molecule is COC(=O)c1ccc(-c2ccc(-c3ccc(-c4ccc(C(=O)OC)cc4)cc3CNC(=O)c3c(OC)cc(CO)cc3OC)cc2)cc1. The third-order valence-electron chi connectivity index (χ3n) is 7.99. The molecule has 0 heterocycles. The molecule has 244 valence electrons. The summed E-state index contributed by atoms with van der Waals surface area (Å²) in [4.78, 5) is 37.4. The third kappa shape index (κ3) is 7.22. The topological polar surface area (TPSA) is 120 Å². The molecule has 0 spiro atoms. The fraction of sp³-hybridized carbons (Fsp3) is 0.154. The lowest BCUT2D eigenvalue weighted by Crippen LogP contribution is -2.24. The standard InChI is InChI=1S/C39H35NO8/c1-45-34-19-24(23-41)20-35(46-2)36(34)37(42)40-22-32-21-31(27-9-15-30(16-10-27)39(44)48-4)17-18-33(32)28-11-5-25(6-12-28)26-7-13-29(14-8-26)38(43)47-3/h5-21,41H,22-23H2,1-4H3,(H,40,42). The molecule has 0 aliphatic carbocycles. The van der Waals surface area contributed by atoms with Crippen LogP contribution >= 0.6 is 0 Å². The van der Waals surface area contributed by atoms with Gasteiger partial charge in [0.1, 0.15) is 17.1 Å². The molecule has 1 amide bonds. The lowest BCUT2D eigenvalue weighted by Gasteiger charge is -2.17. The summed E-state index contributed by atoms with van der Waals surface area (Å²) < 4.78 is 20.6. The molecule has 0 unspecified atom stereocenters. The molecule has 0 radical (unpaired) electrons. The van der Waals surface area contributed by atoms with Gasteiger partial charge in [0, 0.05) is 6.54 Å². The van der Waals surface area contributed by atoms with Crippen LogP contribution in [0.15, 0.2) is 103 Å². The van der Waals surface area contributed by atoms with E-state index in [-0.39, 0.29) is 30.2 Å². The highest BCUT2D eigenvalue weighted by Crippen LogP contribution is 2.33. The zero-order chi connectivity index (χ0) is 34.2. The molecule has 48 heavy (non-hydrogen) atoms. The second-order valence-corrected chi connectivity index (χ2v) is 10.8. The van der Waals surface area contributed by atoms with E-state index in [2.05, 4.69) is 5.32 Å². The Hall–Kier alpha value is -5.93. The van der Waals surface area contributed by atoms with Crippen LogP contribution < -0.4 is 14.8 Å². The van der Waals surface area contributed by atoms with Crippen molar-refractivity contribution in [3.63, 3.8) is 0 Å². The maximum atomic E-state index is 13.6. The van der Waals surface area contributed by atoms with Gasteiger partial charge < -0.3 is 29.4 Å². The van der Waals surface area contributed by atoms with Crippen molar-refractivity contribution in [1.29, 1.82) is 0 Å². The zero-order valence-corrected chi connectivity index (χ0v) is 27.0. The van der Waals surface area contributed by atoms with Crippen LogP contribution in [0.1, 0.15) is 42.2 Å². The summed E-state index contributed by atoms with van der Waals surface area (Å²) >= 11 is 0. The lowest BCUT2D eigenvalue weighted by molar-refractivity contribution is 0.0592. The van der Waals surface area contributed by atoms with Gasteiger partial charge in [-0.15, -0.1) is 0 Å². The average molecular weight is 646 g/mol. The number of methoxy groups -OCH3 is 4. The first-order chi connectivity index (χ1) is 23.3. The predicted octanol–water partition coefficient (Wildman–Crippen LogP) is 6.70. The van der Waals surface area contributed by atoms with Crippen molar-refractivity contribution >= 4 is 17.8 Å². The van der Waals surface area contributed by atoms with Gasteiger partial charge in [0.2, 0.25) is 0 Å². The van der Waals surface area contributed by atoms with E-state index in [0.29, 0.717) is 16.7 Å². The average Bonchev–Trinajstić information content (AvgIpc) is 3.15. The van der Waals surface area contributed by atoms with Crippen LogP contribution in [0.3, 0.4) is 0 Å². The molecule has 9 nitrogen and oxygen atoms in total.